The van der Waals surface area contributed by atoms with Gasteiger partial charge in [-0.15, -0.1) is 0 Å². The maximum Gasteiger partial charge on any atom is 0.255 e. The summed E-state index contributed by atoms with van der Waals surface area (Å²) in [6.45, 7) is 3.31. The third-order valence-electron chi connectivity index (χ3n) is 4.27. The molecule has 150 valence electrons. The zero-order valence-electron chi connectivity index (χ0n) is 16.4. The second-order valence-electron chi connectivity index (χ2n) is 6.56. The highest BCUT2D eigenvalue weighted by Gasteiger charge is 2.10. The summed E-state index contributed by atoms with van der Waals surface area (Å²) in [6.07, 6.45) is 1.78. The lowest BCUT2D eigenvalue weighted by atomic mass is 10.1. The van der Waals surface area contributed by atoms with Crippen molar-refractivity contribution in [2.45, 2.75) is 19.8 Å². The first-order chi connectivity index (χ1) is 14.2. The van der Waals surface area contributed by atoms with Crippen molar-refractivity contribution < 1.29 is 14.3 Å². The molecule has 0 aliphatic heterocycles. The van der Waals surface area contributed by atoms with Gasteiger partial charge in [0.1, 0.15) is 11.5 Å². The molecule has 29 heavy (non-hydrogen) atoms. The molecule has 0 aromatic heterocycles. The Balaban J connectivity index is 1.55. The van der Waals surface area contributed by atoms with Gasteiger partial charge in [0.25, 0.3) is 5.91 Å². The molecule has 0 heterocycles. The lowest BCUT2D eigenvalue weighted by Gasteiger charge is -2.11. The van der Waals surface area contributed by atoms with E-state index in [1.807, 2.05) is 48.5 Å². The Labute approximate surface area is 180 Å². The van der Waals surface area contributed by atoms with Crippen molar-refractivity contribution in [1.82, 2.24) is 0 Å². The lowest BCUT2D eigenvalue weighted by molar-refractivity contribution is 0.102. The molecule has 1 N–H and O–H groups in total. The first-order valence-electron chi connectivity index (χ1n) is 9.66. The number of ether oxygens (including phenoxy) is 2. The molecule has 4 nitrogen and oxygen atoms in total. The summed E-state index contributed by atoms with van der Waals surface area (Å²) in [5.41, 5.74) is 2.50. The van der Waals surface area contributed by atoms with Crippen LogP contribution in [-0.4, -0.2) is 19.1 Å². The molecule has 0 atom stereocenters. The highest BCUT2D eigenvalue weighted by molar-refractivity contribution is 9.10. The zero-order chi connectivity index (χ0) is 20.5. The second kappa shape index (κ2) is 10.7. The SMILES string of the molecule is CCCOc1ccc(NC(=O)c2ccc(OCCc3ccccc3)c(Br)c2)cc1. The normalized spacial score (nSPS) is 10.4. The molecule has 0 saturated carbocycles. The van der Waals surface area contributed by atoms with Gasteiger partial charge in [-0.1, -0.05) is 37.3 Å². The lowest BCUT2D eigenvalue weighted by Crippen LogP contribution is -2.12. The van der Waals surface area contributed by atoms with E-state index in [0.29, 0.717) is 18.8 Å². The number of anilines is 1. The van der Waals surface area contributed by atoms with Gasteiger partial charge in [0.2, 0.25) is 0 Å². The van der Waals surface area contributed by atoms with Crippen LogP contribution in [-0.2, 0) is 6.42 Å². The number of carbonyl (C=O) groups is 1. The molecule has 5 heteroatoms. The van der Waals surface area contributed by atoms with Gasteiger partial charge < -0.3 is 14.8 Å². The monoisotopic (exact) mass is 453 g/mol. The minimum atomic E-state index is -0.177. The number of benzene rings is 3. The van der Waals surface area contributed by atoms with E-state index in [1.165, 1.54) is 5.56 Å². The van der Waals surface area contributed by atoms with E-state index < -0.39 is 0 Å². The molecular weight excluding hydrogens is 430 g/mol. The molecule has 0 bridgehead atoms. The highest BCUT2D eigenvalue weighted by Crippen LogP contribution is 2.27. The van der Waals surface area contributed by atoms with E-state index in [4.69, 9.17) is 9.47 Å². The van der Waals surface area contributed by atoms with Crippen molar-refractivity contribution >= 4 is 27.5 Å². The summed E-state index contributed by atoms with van der Waals surface area (Å²) in [7, 11) is 0. The maximum atomic E-state index is 12.5. The van der Waals surface area contributed by atoms with Gasteiger partial charge in [-0.3, -0.25) is 4.79 Å². The van der Waals surface area contributed by atoms with E-state index in [0.717, 1.165) is 34.5 Å². The molecule has 1 amide bonds. The van der Waals surface area contributed by atoms with Gasteiger partial charge in [0, 0.05) is 17.7 Å². The Morgan fingerprint density at radius 3 is 2.38 bits per heavy atom. The third kappa shape index (κ3) is 6.36. The summed E-state index contributed by atoms with van der Waals surface area (Å²) >= 11 is 3.50. The molecule has 3 rings (SSSR count). The van der Waals surface area contributed by atoms with Crippen LogP contribution < -0.4 is 14.8 Å². The second-order valence-corrected chi connectivity index (χ2v) is 7.41. The van der Waals surface area contributed by atoms with Gasteiger partial charge in [0.15, 0.2) is 0 Å². The highest BCUT2D eigenvalue weighted by atomic mass is 79.9. The van der Waals surface area contributed by atoms with Crippen molar-refractivity contribution in [1.29, 1.82) is 0 Å². The number of hydrogen-bond donors (Lipinski definition) is 1. The van der Waals surface area contributed by atoms with Crippen molar-refractivity contribution in [3.8, 4) is 11.5 Å². The molecule has 0 fully saturated rings. The first kappa shape index (κ1) is 20.9. The minimum Gasteiger partial charge on any atom is -0.494 e. The quantitative estimate of drug-likeness (QED) is 0.424. The summed E-state index contributed by atoms with van der Waals surface area (Å²) in [6, 6.07) is 22.9. The van der Waals surface area contributed by atoms with Crippen LogP contribution in [0.4, 0.5) is 5.69 Å². The predicted octanol–water partition coefficient (Wildman–Crippen LogP) is 6.11. The fourth-order valence-electron chi connectivity index (χ4n) is 2.74. The Kier molecular flexibility index (Phi) is 7.70. The number of amides is 1. The molecular formula is C24H24BrNO3. The van der Waals surface area contributed by atoms with Crippen molar-refractivity contribution in [2.75, 3.05) is 18.5 Å². The van der Waals surface area contributed by atoms with E-state index in [9.17, 15) is 4.79 Å². The van der Waals surface area contributed by atoms with E-state index >= 15 is 0 Å². The van der Waals surface area contributed by atoms with Gasteiger partial charge >= 0.3 is 0 Å². The predicted molar refractivity (Wildman–Crippen MR) is 120 cm³/mol. The van der Waals surface area contributed by atoms with Crippen LogP contribution in [0, 0.1) is 0 Å². The summed E-state index contributed by atoms with van der Waals surface area (Å²) in [5.74, 6) is 1.34. The van der Waals surface area contributed by atoms with Crippen LogP contribution in [0.3, 0.4) is 0 Å². The number of nitrogens with one attached hydrogen (secondary N) is 1. The Bertz CT molecular complexity index is 927. The van der Waals surface area contributed by atoms with Crippen LogP contribution in [0.2, 0.25) is 0 Å². The average Bonchev–Trinajstić information content (AvgIpc) is 2.75. The largest absolute Gasteiger partial charge is 0.494 e. The van der Waals surface area contributed by atoms with E-state index in [1.54, 1.807) is 12.1 Å². The number of hydrogen-bond acceptors (Lipinski definition) is 3. The fourth-order valence-corrected chi connectivity index (χ4v) is 3.23. The van der Waals surface area contributed by atoms with E-state index in [2.05, 4.69) is 40.3 Å². The van der Waals surface area contributed by atoms with Crippen molar-refractivity contribution in [3.63, 3.8) is 0 Å². The number of halogens is 1. The summed E-state index contributed by atoms with van der Waals surface area (Å²) < 4.78 is 12.2. The van der Waals surface area contributed by atoms with E-state index in [-0.39, 0.29) is 5.91 Å². The number of rotatable bonds is 9. The van der Waals surface area contributed by atoms with Crippen LogP contribution >= 0.6 is 15.9 Å². The van der Waals surface area contributed by atoms with Crippen LogP contribution in [0.25, 0.3) is 0 Å². The average molecular weight is 454 g/mol. The zero-order valence-corrected chi connectivity index (χ0v) is 17.9. The summed E-state index contributed by atoms with van der Waals surface area (Å²) in [4.78, 5) is 12.5. The number of carbonyl (C=O) groups excluding carboxylic acids is 1. The smallest absolute Gasteiger partial charge is 0.255 e. The van der Waals surface area contributed by atoms with Crippen molar-refractivity contribution in [3.05, 3.63) is 88.4 Å². The van der Waals surface area contributed by atoms with Crippen LogP contribution in [0.1, 0.15) is 29.3 Å². The Hall–Kier alpha value is -2.79. The molecule has 0 aliphatic carbocycles. The molecule has 0 saturated heterocycles. The topological polar surface area (TPSA) is 47.6 Å². The fraction of sp³-hybridized carbons (Fsp3) is 0.208. The summed E-state index contributed by atoms with van der Waals surface area (Å²) in [5, 5.41) is 2.90. The third-order valence-corrected chi connectivity index (χ3v) is 4.89. The standard InChI is InChI=1S/C24H24BrNO3/c1-2-15-28-21-11-9-20(10-12-21)26-24(27)19-8-13-23(22(25)17-19)29-16-14-18-6-4-3-5-7-18/h3-13,17H,2,14-16H2,1H3,(H,26,27). The van der Waals surface area contributed by atoms with Crippen LogP contribution in [0.5, 0.6) is 11.5 Å². The van der Waals surface area contributed by atoms with Crippen LogP contribution in [0.15, 0.2) is 77.3 Å². The minimum absolute atomic E-state index is 0.177. The molecule has 0 radical (unpaired) electrons. The Morgan fingerprint density at radius 2 is 1.69 bits per heavy atom. The van der Waals surface area contributed by atoms with Gasteiger partial charge in [-0.25, -0.2) is 0 Å². The molecule has 0 unspecified atom stereocenters. The molecule has 3 aromatic rings. The molecule has 0 aliphatic rings. The molecule has 0 spiro atoms. The van der Waals surface area contributed by atoms with Gasteiger partial charge in [0.05, 0.1) is 17.7 Å². The first-order valence-corrected chi connectivity index (χ1v) is 10.5. The molecule has 3 aromatic carbocycles. The Morgan fingerprint density at radius 1 is 0.931 bits per heavy atom. The van der Waals surface area contributed by atoms with Crippen molar-refractivity contribution in [2.24, 2.45) is 0 Å². The van der Waals surface area contributed by atoms with Gasteiger partial charge in [-0.2, -0.15) is 0 Å². The van der Waals surface area contributed by atoms with Gasteiger partial charge in [-0.05, 0) is 70.4 Å². The maximum absolute atomic E-state index is 12.5.